The summed E-state index contributed by atoms with van der Waals surface area (Å²) in [7, 11) is 1.62. The summed E-state index contributed by atoms with van der Waals surface area (Å²) in [6, 6.07) is 25.4. The molecule has 324 valence electrons. The zero-order valence-corrected chi connectivity index (χ0v) is 36.6. The average Bonchev–Trinajstić information content (AvgIpc) is 3.56. The molecule has 0 radical (unpaired) electrons. The molecule has 0 aliphatic heterocycles. The van der Waals surface area contributed by atoms with Gasteiger partial charge in [0, 0.05) is 47.5 Å². The van der Waals surface area contributed by atoms with Gasteiger partial charge in [-0.05, 0) is 140 Å². The highest BCUT2D eigenvalue weighted by atomic mass is 35.5. The second-order valence-electron chi connectivity index (χ2n) is 17.6. The summed E-state index contributed by atoms with van der Waals surface area (Å²) >= 11 is 6.32. The number of rotatable bonds is 16. The zero-order chi connectivity index (χ0) is 43.3. The highest BCUT2D eigenvalue weighted by molar-refractivity contribution is 6.30. The van der Waals surface area contributed by atoms with Crippen molar-refractivity contribution in [2.75, 3.05) is 25.6 Å². The minimum absolute atomic E-state index is 0.119. The van der Waals surface area contributed by atoms with Gasteiger partial charge in [-0.25, -0.2) is 14.8 Å². The van der Waals surface area contributed by atoms with E-state index < -0.39 is 11.5 Å². The molecule has 0 saturated heterocycles. The molecular weight excluding hydrogens is 800 g/mol. The molecule has 3 aliphatic carbocycles. The van der Waals surface area contributed by atoms with Gasteiger partial charge in [0.05, 0.1) is 31.5 Å². The van der Waals surface area contributed by atoms with E-state index in [2.05, 4.69) is 62.9 Å². The van der Waals surface area contributed by atoms with Gasteiger partial charge in [0.15, 0.2) is 5.82 Å². The van der Waals surface area contributed by atoms with E-state index >= 15 is 0 Å². The molecular formula is C50H57ClN6O5. The number of pyridine rings is 1. The summed E-state index contributed by atoms with van der Waals surface area (Å²) in [5, 5.41) is 21.0. The molecule has 8 rings (SSSR count). The van der Waals surface area contributed by atoms with Crippen LogP contribution in [0.4, 0.5) is 5.69 Å². The largest absolute Gasteiger partial charge is 0.496 e. The second-order valence-corrected chi connectivity index (χ2v) is 18.1. The second kappa shape index (κ2) is 18.8. The predicted octanol–water partition coefficient (Wildman–Crippen LogP) is 9.07. The quantitative estimate of drug-likeness (QED) is 0.0758. The molecule has 12 heteroatoms. The van der Waals surface area contributed by atoms with Crippen LogP contribution in [0.1, 0.15) is 98.4 Å². The number of carbonyl (C=O) groups is 2. The van der Waals surface area contributed by atoms with Gasteiger partial charge in [-0.15, -0.1) is 0 Å². The van der Waals surface area contributed by atoms with Crippen molar-refractivity contribution in [2.45, 2.75) is 102 Å². The van der Waals surface area contributed by atoms with Crippen LogP contribution in [0.3, 0.4) is 0 Å². The number of para-hydroxylation sites is 1. The minimum atomic E-state index is -1.12. The van der Waals surface area contributed by atoms with Gasteiger partial charge in [-0.1, -0.05) is 61.8 Å². The lowest BCUT2D eigenvalue weighted by atomic mass is 9.59. The normalized spacial score (nSPS) is 22.0. The van der Waals surface area contributed by atoms with E-state index in [9.17, 15) is 14.7 Å². The summed E-state index contributed by atoms with van der Waals surface area (Å²) in [5.41, 5.74) is 6.99. The van der Waals surface area contributed by atoms with Gasteiger partial charge in [0.1, 0.15) is 17.0 Å². The summed E-state index contributed by atoms with van der Waals surface area (Å²) < 4.78 is 12.1. The molecule has 1 fully saturated rings. The van der Waals surface area contributed by atoms with Crippen molar-refractivity contribution in [2.24, 2.45) is 11.8 Å². The van der Waals surface area contributed by atoms with Crippen molar-refractivity contribution in [3.05, 3.63) is 130 Å². The molecule has 4 N–H and O–H groups in total. The SMILES string of the molecule is COc1ccccc1-c1nccc(CNCC(=O)NCc2ccc3c(c2)C2(CCC(Nc4cccc(Cl)c4)(C(=O)O)CC2)C(C[C@@H](C)COc2ccnc4c2[C@H](C)CCC4)C3)n1. The Balaban J connectivity index is 0.952. The number of aliphatic carboxylic acids is 1. The molecule has 2 heterocycles. The first-order valence-electron chi connectivity index (χ1n) is 22.0. The summed E-state index contributed by atoms with van der Waals surface area (Å²) in [6.45, 7) is 6.06. The number of anilines is 1. The first kappa shape index (κ1) is 43.1. The third-order valence-electron chi connectivity index (χ3n) is 13.5. The number of amides is 1. The van der Waals surface area contributed by atoms with E-state index in [0.29, 0.717) is 66.7 Å². The van der Waals surface area contributed by atoms with Gasteiger partial charge < -0.3 is 30.5 Å². The molecule has 1 saturated carbocycles. The molecule has 62 heavy (non-hydrogen) atoms. The van der Waals surface area contributed by atoms with Gasteiger partial charge in [-0.3, -0.25) is 9.78 Å². The van der Waals surface area contributed by atoms with Crippen molar-refractivity contribution >= 4 is 29.2 Å². The van der Waals surface area contributed by atoms with E-state index in [-0.39, 0.29) is 23.8 Å². The molecule has 1 unspecified atom stereocenters. The van der Waals surface area contributed by atoms with Crippen LogP contribution in [0.25, 0.3) is 11.4 Å². The Hall–Kier alpha value is -5.52. The van der Waals surface area contributed by atoms with Crippen LogP contribution >= 0.6 is 11.6 Å². The maximum atomic E-state index is 13.1. The third-order valence-corrected chi connectivity index (χ3v) is 13.7. The van der Waals surface area contributed by atoms with Crippen LogP contribution in [0, 0.1) is 11.8 Å². The Bertz CT molecular complexity index is 2400. The number of halogens is 1. The Morgan fingerprint density at radius 1 is 0.952 bits per heavy atom. The Morgan fingerprint density at radius 2 is 1.77 bits per heavy atom. The summed E-state index contributed by atoms with van der Waals surface area (Å²) in [4.78, 5) is 40.0. The van der Waals surface area contributed by atoms with E-state index in [1.807, 2.05) is 54.7 Å². The number of aryl methyl sites for hydroxylation is 1. The van der Waals surface area contributed by atoms with Crippen LogP contribution in [0.5, 0.6) is 11.5 Å². The number of carboxylic acids is 1. The summed E-state index contributed by atoms with van der Waals surface area (Å²) in [6.07, 6.45) is 11.1. The number of hydrogen-bond acceptors (Lipinski definition) is 9. The van der Waals surface area contributed by atoms with Gasteiger partial charge in [0.25, 0.3) is 0 Å². The van der Waals surface area contributed by atoms with E-state index in [1.54, 1.807) is 25.4 Å². The third kappa shape index (κ3) is 9.29. The molecule has 11 nitrogen and oxygen atoms in total. The molecule has 5 aromatic rings. The zero-order valence-electron chi connectivity index (χ0n) is 35.9. The van der Waals surface area contributed by atoms with Crippen molar-refractivity contribution in [3.8, 4) is 22.9 Å². The Morgan fingerprint density at radius 3 is 2.58 bits per heavy atom. The van der Waals surface area contributed by atoms with Crippen LogP contribution in [0.2, 0.25) is 5.02 Å². The lowest BCUT2D eigenvalue weighted by Gasteiger charge is -2.47. The predicted molar refractivity (Wildman–Crippen MR) is 242 cm³/mol. The molecule has 3 aliphatic rings. The van der Waals surface area contributed by atoms with Crippen LogP contribution < -0.4 is 25.4 Å². The first-order chi connectivity index (χ1) is 30.1. The number of fused-ring (bicyclic) bond motifs is 3. The van der Waals surface area contributed by atoms with Crippen LogP contribution in [-0.2, 0) is 40.9 Å². The standard InChI is InChI=1S/C50H57ClN6O5/c1-32(31-62-44-17-23-53-42-12-6-8-33(2)46(42)44)24-36-26-35-15-14-34(25-41(35)49(36)18-20-50(21-19-49,48(59)60)57-38-10-7-9-37(51)27-38)28-55-45(58)30-52-29-39-16-22-54-47(56-39)40-11-4-5-13-43(40)61-3/h4-5,7,9-11,13-17,22-23,25,27,32-33,36,52,57H,6,8,12,18-21,24,26,28-31H2,1-3H3,(H,55,58)(H,59,60)/t32-,33-,36?,49?,50?/m1/s1. The molecule has 1 spiro atoms. The average molecular weight is 857 g/mol. The van der Waals surface area contributed by atoms with Crippen LogP contribution in [0.15, 0.2) is 91.3 Å². The van der Waals surface area contributed by atoms with E-state index in [1.165, 1.54) is 22.4 Å². The highest BCUT2D eigenvalue weighted by Crippen LogP contribution is 2.56. The fourth-order valence-electron chi connectivity index (χ4n) is 10.3. The molecule has 3 atom stereocenters. The number of ether oxygens (including phenoxy) is 2. The fourth-order valence-corrected chi connectivity index (χ4v) is 10.5. The topological polar surface area (TPSA) is 148 Å². The number of aromatic nitrogens is 3. The number of nitrogens with one attached hydrogen (secondary N) is 3. The maximum absolute atomic E-state index is 13.1. The van der Waals surface area contributed by atoms with Crippen molar-refractivity contribution in [1.29, 1.82) is 0 Å². The lowest BCUT2D eigenvalue weighted by molar-refractivity contribution is -0.144. The van der Waals surface area contributed by atoms with Crippen molar-refractivity contribution < 1.29 is 24.2 Å². The van der Waals surface area contributed by atoms with E-state index in [0.717, 1.165) is 67.5 Å². The van der Waals surface area contributed by atoms with Gasteiger partial charge >= 0.3 is 5.97 Å². The van der Waals surface area contributed by atoms with Crippen molar-refractivity contribution in [3.63, 3.8) is 0 Å². The van der Waals surface area contributed by atoms with Crippen LogP contribution in [-0.4, -0.2) is 57.7 Å². The molecule has 3 aromatic carbocycles. The molecule has 1 amide bonds. The maximum Gasteiger partial charge on any atom is 0.329 e. The lowest BCUT2D eigenvalue weighted by Crippen LogP contribution is -2.53. The molecule has 0 bridgehead atoms. The number of benzene rings is 3. The smallest absolute Gasteiger partial charge is 0.329 e. The number of nitrogens with zero attached hydrogens (tertiary/aromatic N) is 3. The number of carbonyl (C=O) groups excluding carboxylic acids is 1. The van der Waals surface area contributed by atoms with Gasteiger partial charge in [-0.2, -0.15) is 0 Å². The Labute approximate surface area is 369 Å². The number of methoxy groups -OCH3 is 1. The number of carboxylic acid groups (broad SMARTS) is 1. The monoisotopic (exact) mass is 856 g/mol. The molecule has 2 aromatic heterocycles. The minimum Gasteiger partial charge on any atom is -0.496 e. The van der Waals surface area contributed by atoms with Crippen molar-refractivity contribution in [1.82, 2.24) is 25.6 Å². The first-order valence-corrected chi connectivity index (χ1v) is 22.4. The fraction of sp³-hybridized carbons (Fsp3) is 0.420. The summed E-state index contributed by atoms with van der Waals surface area (Å²) in [5.74, 6) is 2.26. The highest BCUT2D eigenvalue weighted by Gasteiger charge is 2.54. The van der Waals surface area contributed by atoms with E-state index in [4.69, 9.17) is 21.1 Å². The number of hydrogen-bond donors (Lipinski definition) is 4. The van der Waals surface area contributed by atoms with Gasteiger partial charge in [0.2, 0.25) is 5.91 Å². The Kier molecular flexibility index (Phi) is 13.1.